The summed E-state index contributed by atoms with van der Waals surface area (Å²) >= 11 is 0. The van der Waals surface area contributed by atoms with Crippen LogP contribution in [0.2, 0.25) is 0 Å². The lowest BCUT2D eigenvalue weighted by Crippen LogP contribution is -1.93. The highest BCUT2D eigenvalue weighted by Crippen LogP contribution is 2.15. The van der Waals surface area contributed by atoms with Crippen molar-refractivity contribution >= 4 is 13.9 Å². The maximum Gasteiger partial charge on any atom is 0.554 e. The first-order valence-corrected chi connectivity index (χ1v) is 4.54. The fourth-order valence-corrected chi connectivity index (χ4v) is 0.764. The molecular weight excluding hydrogens is 153 g/mol. The van der Waals surface area contributed by atoms with Gasteiger partial charge in [-0.2, -0.15) is 0 Å². The lowest BCUT2D eigenvalue weighted by molar-refractivity contribution is 0.153. The first-order chi connectivity index (χ1) is 4.66. The molecule has 0 saturated carbocycles. The van der Waals surface area contributed by atoms with Crippen LogP contribution in [0.5, 0.6) is 0 Å². The van der Waals surface area contributed by atoms with Gasteiger partial charge in [-0.1, -0.05) is 0 Å². The Morgan fingerprint density at radius 1 is 1.70 bits per heavy atom. The van der Waals surface area contributed by atoms with Gasteiger partial charge in [0.15, 0.2) is 6.66 Å². The van der Waals surface area contributed by atoms with Gasteiger partial charge in [-0.15, -0.1) is 0 Å². The van der Waals surface area contributed by atoms with Gasteiger partial charge in [-0.05, 0) is 16.6 Å². The van der Waals surface area contributed by atoms with E-state index in [0.717, 1.165) is 0 Å². The van der Waals surface area contributed by atoms with Gasteiger partial charge < -0.3 is 4.84 Å². The molecule has 0 amide bonds. The standard InChI is InChI=1S/C5H11NO3P/c1-4-8-6-5(2)9-10(3)7/h4H2,1-3H3/q+1. The quantitative estimate of drug-likeness (QED) is 0.276. The lowest BCUT2D eigenvalue weighted by Gasteiger charge is -1.90. The summed E-state index contributed by atoms with van der Waals surface area (Å²) in [4.78, 5) is 4.63. The Morgan fingerprint density at radius 2 is 2.30 bits per heavy atom. The molecule has 0 saturated heterocycles. The molecule has 0 radical (unpaired) electrons. The second-order valence-electron chi connectivity index (χ2n) is 1.56. The van der Waals surface area contributed by atoms with Gasteiger partial charge in [-0.25, -0.2) is 4.52 Å². The number of oxime groups is 1. The Bertz CT molecular complexity index is 146. The van der Waals surface area contributed by atoms with E-state index in [1.54, 1.807) is 6.92 Å². The summed E-state index contributed by atoms with van der Waals surface area (Å²) in [5.74, 6) is 0.297. The molecule has 0 bridgehead atoms. The lowest BCUT2D eigenvalue weighted by atomic mass is 10.8. The van der Waals surface area contributed by atoms with Crippen molar-refractivity contribution in [2.45, 2.75) is 13.8 Å². The molecule has 58 valence electrons. The fourth-order valence-electron chi connectivity index (χ4n) is 0.358. The van der Waals surface area contributed by atoms with Crippen LogP contribution in [0.1, 0.15) is 13.8 Å². The average Bonchev–Trinajstić information content (AvgIpc) is 1.82. The molecule has 0 aliphatic heterocycles. The van der Waals surface area contributed by atoms with E-state index >= 15 is 0 Å². The Labute approximate surface area is 61.1 Å². The van der Waals surface area contributed by atoms with Crippen molar-refractivity contribution in [1.82, 2.24) is 0 Å². The number of hydrogen-bond donors (Lipinski definition) is 0. The minimum Gasteiger partial charge on any atom is -0.393 e. The molecular formula is C5H11NO3P+. The predicted molar refractivity (Wildman–Crippen MR) is 39.4 cm³/mol. The first kappa shape index (κ1) is 9.37. The monoisotopic (exact) mass is 164 g/mol. The zero-order chi connectivity index (χ0) is 7.98. The van der Waals surface area contributed by atoms with Crippen LogP contribution in [-0.2, 0) is 13.9 Å². The summed E-state index contributed by atoms with van der Waals surface area (Å²) < 4.78 is 15.1. The molecule has 0 fully saturated rings. The van der Waals surface area contributed by atoms with E-state index in [1.165, 1.54) is 6.66 Å². The van der Waals surface area contributed by atoms with Crippen molar-refractivity contribution in [2.24, 2.45) is 5.16 Å². The Balaban J connectivity index is 3.59. The van der Waals surface area contributed by atoms with Crippen LogP contribution in [0.25, 0.3) is 0 Å². The second-order valence-corrected chi connectivity index (χ2v) is 2.62. The third-order valence-corrected chi connectivity index (χ3v) is 1.10. The van der Waals surface area contributed by atoms with Crippen LogP contribution >= 0.6 is 8.03 Å². The van der Waals surface area contributed by atoms with E-state index in [-0.39, 0.29) is 0 Å². The molecule has 0 aliphatic rings. The van der Waals surface area contributed by atoms with Gasteiger partial charge >= 0.3 is 8.03 Å². The van der Waals surface area contributed by atoms with Gasteiger partial charge in [-0.3, -0.25) is 0 Å². The molecule has 1 unspecified atom stereocenters. The Morgan fingerprint density at radius 3 is 2.70 bits per heavy atom. The Kier molecular flexibility index (Phi) is 4.85. The Hall–Kier alpha value is -0.630. The second kappa shape index (κ2) is 5.18. The fraction of sp³-hybridized carbons (Fsp3) is 0.800. The van der Waals surface area contributed by atoms with Crippen LogP contribution < -0.4 is 0 Å². The molecule has 10 heavy (non-hydrogen) atoms. The zero-order valence-corrected chi connectivity index (χ0v) is 7.22. The molecule has 0 rings (SSSR count). The minimum absolute atomic E-state index is 0.297. The van der Waals surface area contributed by atoms with Crippen molar-refractivity contribution in [3.63, 3.8) is 0 Å². The molecule has 0 aliphatic carbocycles. The van der Waals surface area contributed by atoms with Crippen molar-refractivity contribution in [2.75, 3.05) is 13.3 Å². The molecule has 1 atom stereocenters. The van der Waals surface area contributed by atoms with Crippen LogP contribution in [0.4, 0.5) is 0 Å². The third-order valence-electron chi connectivity index (χ3n) is 0.583. The van der Waals surface area contributed by atoms with Crippen molar-refractivity contribution in [3.8, 4) is 0 Å². The topological polar surface area (TPSA) is 47.9 Å². The van der Waals surface area contributed by atoms with Crippen LogP contribution in [0.3, 0.4) is 0 Å². The molecule has 0 N–H and O–H groups in total. The van der Waals surface area contributed by atoms with Crippen molar-refractivity contribution < 1.29 is 13.9 Å². The van der Waals surface area contributed by atoms with Gasteiger partial charge in [0.2, 0.25) is 0 Å². The molecule has 0 aromatic carbocycles. The molecule has 0 aromatic rings. The molecule has 5 heteroatoms. The maximum absolute atomic E-state index is 10.4. The smallest absolute Gasteiger partial charge is 0.393 e. The van der Waals surface area contributed by atoms with Gasteiger partial charge in [0, 0.05) is 6.92 Å². The molecule has 0 heterocycles. The summed E-state index contributed by atoms with van der Waals surface area (Å²) in [7, 11) is -1.62. The highest BCUT2D eigenvalue weighted by molar-refractivity contribution is 7.38. The molecule has 0 spiro atoms. The highest BCUT2D eigenvalue weighted by atomic mass is 31.1. The third kappa shape index (κ3) is 5.51. The van der Waals surface area contributed by atoms with Crippen LogP contribution in [0, 0.1) is 0 Å². The van der Waals surface area contributed by atoms with Crippen molar-refractivity contribution in [1.29, 1.82) is 0 Å². The number of rotatable bonds is 3. The largest absolute Gasteiger partial charge is 0.554 e. The van der Waals surface area contributed by atoms with E-state index in [1.807, 2.05) is 6.92 Å². The van der Waals surface area contributed by atoms with Gasteiger partial charge in [0.25, 0.3) is 5.90 Å². The van der Waals surface area contributed by atoms with E-state index in [4.69, 9.17) is 0 Å². The van der Waals surface area contributed by atoms with E-state index in [9.17, 15) is 4.57 Å². The first-order valence-electron chi connectivity index (χ1n) is 2.92. The van der Waals surface area contributed by atoms with Crippen molar-refractivity contribution in [3.05, 3.63) is 0 Å². The summed E-state index contributed by atoms with van der Waals surface area (Å²) in [6, 6.07) is 0. The number of nitrogens with zero attached hydrogens (tertiary/aromatic N) is 1. The van der Waals surface area contributed by atoms with E-state index in [2.05, 4.69) is 14.5 Å². The highest BCUT2D eigenvalue weighted by Gasteiger charge is 2.08. The molecule has 4 nitrogen and oxygen atoms in total. The van der Waals surface area contributed by atoms with E-state index < -0.39 is 8.03 Å². The summed E-state index contributed by atoms with van der Waals surface area (Å²) in [6.45, 7) is 5.34. The average molecular weight is 164 g/mol. The maximum atomic E-state index is 10.4. The van der Waals surface area contributed by atoms with Gasteiger partial charge in [0.05, 0.1) is 0 Å². The summed E-state index contributed by atoms with van der Waals surface area (Å²) in [6.07, 6.45) is 0. The van der Waals surface area contributed by atoms with Crippen LogP contribution in [-0.4, -0.2) is 19.2 Å². The van der Waals surface area contributed by atoms with Crippen LogP contribution in [0.15, 0.2) is 5.16 Å². The van der Waals surface area contributed by atoms with E-state index in [0.29, 0.717) is 12.5 Å². The summed E-state index contributed by atoms with van der Waals surface area (Å²) in [5, 5.41) is 3.49. The predicted octanol–water partition coefficient (Wildman–Crippen LogP) is 1.75. The molecule has 0 aromatic heterocycles. The number of hydrogen-bond acceptors (Lipinski definition) is 4. The summed E-state index contributed by atoms with van der Waals surface area (Å²) in [5.41, 5.74) is 0. The minimum atomic E-state index is -1.62. The SMILES string of the molecule is CCON=C(C)O[P+](C)=O. The van der Waals surface area contributed by atoms with Gasteiger partial charge in [0.1, 0.15) is 6.61 Å². The zero-order valence-electron chi connectivity index (χ0n) is 6.33. The normalized spacial score (nSPS) is 12.7.